The number of benzene rings is 2. The van der Waals surface area contributed by atoms with E-state index in [2.05, 4.69) is 0 Å². The Kier molecular flexibility index (Phi) is 6.24. The van der Waals surface area contributed by atoms with Gasteiger partial charge < -0.3 is 4.90 Å². The molecule has 4 nitrogen and oxygen atoms in total. The monoisotopic (exact) mass is 388 g/mol. The van der Waals surface area contributed by atoms with Crippen LogP contribution in [-0.2, 0) is 11.2 Å². The molecule has 142 valence electrons. The maximum absolute atomic E-state index is 13.3. The molecule has 0 aliphatic carbocycles. The van der Waals surface area contributed by atoms with E-state index >= 15 is 0 Å². The van der Waals surface area contributed by atoms with Gasteiger partial charge >= 0.3 is 0 Å². The number of hydrogen-bond acceptors (Lipinski definition) is 3. The minimum atomic E-state index is -0.306. The number of amides is 1. The second-order valence-electron chi connectivity index (χ2n) is 6.85. The molecule has 3 rings (SSSR count). The first-order valence-electron chi connectivity index (χ1n) is 8.96. The van der Waals surface area contributed by atoms with E-state index < -0.39 is 0 Å². The highest BCUT2D eigenvalue weighted by Gasteiger charge is 2.23. The quantitative estimate of drug-likeness (QED) is 0.737. The summed E-state index contributed by atoms with van der Waals surface area (Å²) in [4.78, 5) is 28.7. The van der Waals surface area contributed by atoms with Crippen molar-refractivity contribution in [2.75, 3.05) is 32.7 Å². The van der Waals surface area contributed by atoms with Crippen molar-refractivity contribution in [1.82, 2.24) is 9.80 Å². The lowest BCUT2D eigenvalue weighted by Gasteiger charge is -2.34. The van der Waals surface area contributed by atoms with Gasteiger partial charge in [0, 0.05) is 36.8 Å². The molecular formula is C21H22ClFN2O2. The van der Waals surface area contributed by atoms with Crippen molar-refractivity contribution in [2.45, 2.75) is 13.3 Å². The Balaban J connectivity index is 1.49. The average Bonchev–Trinajstić information content (AvgIpc) is 2.66. The van der Waals surface area contributed by atoms with Crippen molar-refractivity contribution >= 4 is 23.3 Å². The molecule has 1 aliphatic rings. The maximum atomic E-state index is 13.3. The van der Waals surface area contributed by atoms with Crippen LogP contribution in [-0.4, -0.2) is 54.2 Å². The first kappa shape index (κ1) is 19.5. The van der Waals surface area contributed by atoms with Gasteiger partial charge in [0.15, 0.2) is 5.78 Å². The second-order valence-corrected chi connectivity index (χ2v) is 7.28. The predicted octanol–water partition coefficient (Wildman–Crippen LogP) is 3.36. The van der Waals surface area contributed by atoms with E-state index in [-0.39, 0.29) is 24.1 Å². The van der Waals surface area contributed by atoms with E-state index in [0.717, 1.165) is 5.56 Å². The molecule has 0 atom stereocenters. The number of piperazine rings is 1. The fraction of sp³-hybridized carbons (Fsp3) is 0.333. The lowest BCUT2D eigenvalue weighted by atomic mass is 10.1. The minimum absolute atomic E-state index is 0.0287. The van der Waals surface area contributed by atoms with Gasteiger partial charge in [0.05, 0.1) is 13.0 Å². The Hall–Kier alpha value is -2.24. The molecule has 1 saturated heterocycles. The molecule has 0 unspecified atom stereocenters. The number of aryl methyl sites for hydroxylation is 1. The van der Waals surface area contributed by atoms with Gasteiger partial charge in [-0.2, -0.15) is 0 Å². The molecular weight excluding hydrogens is 367 g/mol. The van der Waals surface area contributed by atoms with E-state index in [1.165, 1.54) is 12.1 Å². The van der Waals surface area contributed by atoms with Gasteiger partial charge in [-0.05, 0) is 48.4 Å². The highest BCUT2D eigenvalue weighted by molar-refractivity contribution is 6.30. The molecule has 1 aliphatic heterocycles. The van der Waals surface area contributed by atoms with Gasteiger partial charge in [-0.3, -0.25) is 14.5 Å². The van der Waals surface area contributed by atoms with Crippen molar-refractivity contribution < 1.29 is 14.0 Å². The van der Waals surface area contributed by atoms with Crippen LogP contribution in [0.1, 0.15) is 21.5 Å². The molecule has 27 heavy (non-hydrogen) atoms. The van der Waals surface area contributed by atoms with Crippen LogP contribution in [0.25, 0.3) is 0 Å². The lowest BCUT2D eigenvalue weighted by Crippen LogP contribution is -2.50. The van der Waals surface area contributed by atoms with Crippen molar-refractivity contribution in [3.05, 3.63) is 70.0 Å². The molecule has 2 aromatic rings. The number of hydrogen-bond donors (Lipinski definition) is 0. The van der Waals surface area contributed by atoms with Crippen LogP contribution in [0.5, 0.6) is 0 Å². The standard InChI is InChI=1S/C21H22ClFN2O2/c1-15-12-17(4-7-19(15)23)20(26)14-24-8-10-25(11-9-24)21(27)13-16-2-5-18(22)6-3-16/h2-7,12H,8-11,13-14H2,1H3. The van der Waals surface area contributed by atoms with E-state index in [1.54, 1.807) is 25.1 Å². The summed E-state index contributed by atoms with van der Waals surface area (Å²) in [5.74, 6) is -0.254. The third-order valence-corrected chi connectivity index (χ3v) is 5.09. The Bertz CT molecular complexity index is 831. The molecule has 0 N–H and O–H groups in total. The molecule has 6 heteroatoms. The number of Topliss-reactive ketones (excluding diaryl/α,β-unsaturated/α-hetero) is 1. The number of carbonyl (C=O) groups is 2. The minimum Gasteiger partial charge on any atom is -0.340 e. The third-order valence-electron chi connectivity index (χ3n) is 4.84. The first-order chi connectivity index (χ1) is 12.9. The molecule has 0 aromatic heterocycles. The molecule has 2 aromatic carbocycles. The van der Waals surface area contributed by atoms with Crippen LogP contribution in [0.4, 0.5) is 4.39 Å². The van der Waals surface area contributed by atoms with Gasteiger partial charge in [-0.15, -0.1) is 0 Å². The zero-order chi connectivity index (χ0) is 19.4. The summed E-state index contributed by atoms with van der Waals surface area (Å²) in [5.41, 5.74) is 1.93. The summed E-state index contributed by atoms with van der Waals surface area (Å²) in [6.45, 7) is 4.43. The van der Waals surface area contributed by atoms with Crippen molar-refractivity contribution in [3.63, 3.8) is 0 Å². The normalized spacial score (nSPS) is 15.0. The van der Waals surface area contributed by atoms with Crippen LogP contribution in [0.3, 0.4) is 0 Å². The van der Waals surface area contributed by atoms with Gasteiger partial charge in [0.25, 0.3) is 0 Å². The Morgan fingerprint density at radius 2 is 1.70 bits per heavy atom. The molecule has 0 saturated carbocycles. The summed E-state index contributed by atoms with van der Waals surface area (Å²) in [5, 5.41) is 0.654. The number of ketones is 1. The molecule has 0 spiro atoms. The molecule has 0 radical (unpaired) electrons. The van der Waals surface area contributed by atoms with Crippen molar-refractivity contribution in [3.8, 4) is 0 Å². The van der Waals surface area contributed by atoms with Crippen LogP contribution < -0.4 is 0 Å². The Labute approximate surface area is 163 Å². The topological polar surface area (TPSA) is 40.6 Å². The average molecular weight is 389 g/mol. The van der Waals surface area contributed by atoms with Crippen molar-refractivity contribution in [2.24, 2.45) is 0 Å². The smallest absolute Gasteiger partial charge is 0.227 e. The largest absolute Gasteiger partial charge is 0.340 e. The van der Waals surface area contributed by atoms with Crippen LogP contribution in [0.15, 0.2) is 42.5 Å². The number of nitrogens with zero attached hydrogens (tertiary/aromatic N) is 2. The predicted molar refractivity (Wildman–Crippen MR) is 104 cm³/mol. The maximum Gasteiger partial charge on any atom is 0.227 e. The fourth-order valence-electron chi connectivity index (χ4n) is 3.16. The van der Waals surface area contributed by atoms with Gasteiger partial charge in [0.1, 0.15) is 5.82 Å². The van der Waals surface area contributed by atoms with E-state index in [0.29, 0.717) is 48.7 Å². The SMILES string of the molecule is Cc1cc(C(=O)CN2CCN(C(=O)Cc3ccc(Cl)cc3)CC2)ccc1F. The van der Waals surface area contributed by atoms with E-state index in [4.69, 9.17) is 11.6 Å². The highest BCUT2D eigenvalue weighted by atomic mass is 35.5. The lowest BCUT2D eigenvalue weighted by molar-refractivity contribution is -0.132. The number of rotatable bonds is 5. The van der Waals surface area contributed by atoms with Crippen LogP contribution >= 0.6 is 11.6 Å². The Morgan fingerprint density at radius 3 is 2.33 bits per heavy atom. The van der Waals surface area contributed by atoms with Gasteiger partial charge in [-0.25, -0.2) is 4.39 Å². The first-order valence-corrected chi connectivity index (χ1v) is 9.34. The molecule has 1 fully saturated rings. The zero-order valence-corrected chi connectivity index (χ0v) is 16.0. The van der Waals surface area contributed by atoms with Crippen LogP contribution in [0, 0.1) is 12.7 Å². The second kappa shape index (κ2) is 8.63. The molecule has 1 amide bonds. The number of carbonyl (C=O) groups excluding carboxylic acids is 2. The van der Waals surface area contributed by atoms with Crippen molar-refractivity contribution in [1.29, 1.82) is 0 Å². The van der Waals surface area contributed by atoms with E-state index in [1.807, 2.05) is 21.9 Å². The van der Waals surface area contributed by atoms with Crippen LogP contribution in [0.2, 0.25) is 5.02 Å². The van der Waals surface area contributed by atoms with Gasteiger partial charge in [-0.1, -0.05) is 23.7 Å². The summed E-state index contributed by atoms with van der Waals surface area (Å²) < 4.78 is 13.3. The fourth-order valence-corrected chi connectivity index (χ4v) is 3.28. The number of halogens is 2. The zero-order valence-electron chi connectivity index (χ0n) is 15.3. The molecule has 1 heterocycles. The summed E-state index contributed by atoms with van der Waals surface area (Å²) in [6.07, 6.45) is 0.352. The van der Waals surface area contributed by atoms with Gasteiger partial charge in [0.2, 0.25) is 5.91 Å². The summed E-state index contributed by atoms with van der Waals surface area (Å²) in [6, 6.07) is 11.7. The summed E-state index contributed by atoms with van der Waals surface area (Å²) >= 11 is 5.87. The third kappa shape index (κ3) is 5.15. The summed E-state index contributed by atoms with van der Waals surface area (Å²) in [7, 11) is 0. The Morgan fingerprint density at radius 1 is 1.04 bits per heavy atom. The highest BCUT2D eigenvalue weighted by Crippen LogP contribution is 2.13. The van der Waals surface area contributed by atoms with E-state index in [9.17, 15) is 14.0 Å². The molecule has 0 bridgehead atoms.